The summed E-state index contributed by atoms with van der Waals surface area (Å²) in [5.74, 6) is 0.796. The van der Waals surface area contributed by atoms with Crippen molar-refractivity contribution < 1.29 is 9.53 Å². The van der Waals surface area contributed by atoms with Crippen molar-refractivity contribution in [3.63, 3.8) is 0 Å². The zero-order valence-electron chi connectivity index (χ0n) is 19.0. The van der Waals surface area contributed by atoms with E-state index in [1.807, 2.05) is 48.5 Å². The monoisotopic (exact) mass is 473 g/mol. The Labute approximate surface area is 205 Å². The van der Waals surface area contributed by atoms with Crippen LogP contribution in [0.1, 0.15) is 36.0 Å². The Morgan fingerprint density at radius 1 is 1.03 bits per heavy atom. The van der Waals surface area contributed by atoms with E-state index in [9.17, 15) is 4.79 Å². The molecule has 1 saturated carbocycles. The molecule has 0 unspecified atom stereocenters. The van der Waals surface area contributed by atoms with Gasteiger partial charge >= 0.3 is 6.03 Å². The van der Waals surface area contributed by atoms with Gasteiger partial charge in [-0.2, -0.15) is 0 Å². The molecule has 0 spiro atoms. The second-order valence-electron chi connectivity index (χ2n) is 8.84. The smallest absolute Gasteiger partial charge is 0.319 e. The number of para-hydroxylation sites is 1. The number of amides is 2. The van der Waals surface area contributed by atoms with Crippen LogP contribution in [0, 0.1) is 0 Å². The van der Waals surface area contributed by atoms with Crippen LogP contribution in [0.2, 0.25) is 5.02 Å². The fourth-order valence-corrected chi connectivity index (χ4v) is 4.98. The van der Waals surface area contributed by atoms with Crippen molar-refractivity contribution >= 4 is 29.0 Å². The summed E-state index contributed by atoms with van der Waals surface area (Å²) in [7, 11) is 0. The van der Waals surface area contributed by atoms with E-state index in [0.717, 1.165) is 42.3 Å². The minimum Gasteiger partial charge on any atom is -0.492 e. The van der Waals surface area contributed by atoms with E-state index in [1.54, 1.807) is 0 Å². The second kappa shape index (κ2) is 9.90. The summed E-state index contributed by atoms with van der Waals surface area (Å²) in [4.78, 5) is 17.1. The van der Waals surface area contributed by atoms with Crippen molar-refractivity contribution in [1.29, 1.82) is 0 Å². The predicted octanol–water partition coefficient (Wildman–Crippen LogP) is 6.01. The molecule has 2 aliphatic rings. The number of fused-ring (bicyclic) bond motifs is 1. The van der Waals surface area contributed by atoms with E-state index in [2.05, 4.69) is 34.9 Å². The maximum atomic E-state index is 12.1. The quantitative estimate of drug-likeness (QED) is 0.413. The van der Waals surface area contributed by atoms with Crippen LogP contribution in [0.3, 0.4) is 0 Å². The number of hydrogen-bond donors (Lipinski definition) is 2. The summed E-state index contributed by atoms with van der Waals surface area (Å²) in [6.07, 6.45) is 4.33. The fraction of sp³-hybridized carbons (Fsp3) is 0.286. The highest BCUT2D eigenvalue weighted by molar-refractivity contribution is 6.30. The molecule has 3 aromatic carbocycles. The van der Waals surface area contributed by atoms with Gasteiger partial charge in [0.05, 0.1) is 12.3 Å². The van der Waals surface area contributed by atoms with E-state index >= 15 is 0 Å². The first-order valence-corrected chi connectivity index (χ1v) is 12.2. The Morgan fingerprint density at radius 2 is 1.82 bits per heavy atom. The van der Waals surface area contributed by atoms with Crippen LogP contribution < -0.4 is 15.4 Å². The van der Waals surface area contributed by atoms with Gasteiger partial charge in [0, 0.05) is 28.2 Å². The lowest BCUT2D eigenvalue weighted by Gasteiger charge is -2.45. The molecule has 5 nitrogen and oxygen atoms in total. The lowest BCUT2D eigenvalue weighted by Crippen LogP contribution is -2.44. The van der Waals surface area contributed by atoms with Gasteiger partial charge in [0.2, 0.25) is 0 Å². The number of rotatable bonds is 7. The van der Waals surface area contributed by atoms with Crippen LogP contribution in [0.4, 0.5) is 10.5 Å². The molecule has 174 valence electrons. The maximum absolute atomic E-state index is 12.1. The fourth-order valence-electron chi connectivity index (χ4n) is 4.86. The number of ether oxygens (including phenoxy) is 1. The van der Waals surface area contributed by atoms with Crippen LogP contribution in [-0.2, 0) is 11.8 Å². The third kappa shape index (κ3) is 4.66. The molecular weight excluding hydrogens is 446 g/mol. The van der Waals surface area contributed by atoms with Gasteiger partial charge in [0.1, 0.15) is 12.4 Å². The van der Waals surface area contributed by atoms with Gasteiger partial charge < -0.3 is 15.4 Å². The summed E-state index contributed by atoms with van der Waals surface area (Å²) in [6, 6.07) is 23.7. The summed E-state index contributed by atoms with van der Waals surface area (Å²) < 4.78 is 5.99. The summed E-state index contributed by atoms with van der Waals surface area (Å²) >= 11 is 6.15. The van der Waals surface area contributed by atoms with Crippen LogP contribution in [-0.4, -0.2) is 31.4 Å². The number of anilines is 1. The number of nitrogens with zero attached hydrogens (tertiary/aromatic N) is 1. The number of carbonyl (C=O) groups excluding carboxylic acids is 1. The Morgan fingerprint density at radius 3 is 2.56 bits per heavy atom. The number of urea groups is 1. The first kappa shape index (κ1) is 22.5. The minimum absolute atomic E-state index is 0.0462. The zero-order chi connectivity index (χ0) is 23.4. The Kier molecular flexibility index (Phi) is 6.54. The number of halogens is 1. The lowest BCUT2D eigenvalue weighted by molar-refractivity contribution is 0.247. The topological polar surface area (TPSA) is 62.7 Å². The number of nitrogens with one attached hydrogen (secondary N) is 2. The van der Waals surface area contributed by atoms with Crippen molar-refractivity contribution in [2.24, 2.45) is 4.99 Å². The summed E-state index contributed by atoms with van der Waals surface area (Å²) in [6.45, 7) is 1.61. The molecular formula is C28H28ClN3O2. The normalized spacial score (nSPS) is 16.0. The lowest BCUT2D eigenvalue weighted by atomic mass is 9.59. The van der Waals surface area contributed by atoms with E-state index < -0.39 is 0 Å². The SMILES string of the molecule is O=C(NCCOc1ccc2c(c1)C(C1(c3ccc(Cl)cc3)CCC1)=NCC2)Nc1ccccc1. The van der Waals surface area contributed by atoms with Gasteiger partial charge in [-0.25, -0.2) is 4.79 Å². The third-order valence-electron chi connectivity index (χ3n) is 6.73. The van der Waals surface area contributed by atoms with Crippen molar-refractivity contribution in [3.05, 3.63) is 94.5 Å². The highest BCUT2D eigenvalue weighted by Gasteiger charge is 2.45. The molecule has 1 fully saturated rings. The largest absolute Gasteiger partial charge is 0.492 e. The van der Waals surface area contributed by atoms with Gasteiger partial charge in [-0.1, -0.05) is 54.4 Å². The van der Waals surface area contributed by atoms with Crippen LogP contribution in [0.25, 0.3) is 0 Å². The average Bonchev–Trinajstić information content (AvgIpc) is 2.83. The Bertz CT molecular complexity index is 1190. The van der Waals surface area contributed by atoms with Gasteiger partial charge in [0.15, 0.2) is 0 Å². The molecule has 6 heteroatoms. The predicted molar refractivity (Wildman–Crippen MR) is 137 cm³/mol. The molecule has 2 N–H and O–H groups in total. The van der Waals surface area contributed by atoms with Gasteiger partial charge in [-0.15, -0.1) is 0 Å². The molecule has 0 radical (unpaired) electrons. The third-order valence-corrected chi connectivity index (χ3v) is 6.98. The van der Waals surface area contributed by atoms with Crippen molar-refractivity contribution in [2.45, 2.75) is 31.1 Å². The van der Waals surface area contributed by atoms with E-state index in [1.165, 1.54) is 28.8 Å². The van der Waals surface area contributed by atoms with Crippen LogP contribution in [0.5, 0.6) is 5.75 Å². The van der Waals surface area contributed by atoms with Crippen LogP contribution in [0.15, 0.2) is 77.8 Å². The van der Waals surface area contributed by atoms with Crippen LogP contribution >= 0.6 is 11.6 Å². The minimum atomic E-state index is -0.246. The number of hydrogen-bond acceptors (Lipinski definition) is 3. The molecule has 34 heavy (non-hydrogen) atoms. The van der Waals surface area contributed by atoms with Gasteiger partial charge in [-0.05, 0) is 66.8 Å². The van der Waals surface area contributed by atoms with E-state index in [0.29, 0.717) is 13.2 Å². The van der Waals surface area contributed by atoms with Gasteiger partial charge in [-0.3, -0.25) is 4.99 Å². The molecule has 2 amide bonds. The zero-order valence-corrected chi connectivity index (χ0v) is 19.8. The highest BCUT2D eigenvalue weighted by atomic mass is 35.5. The van der Waals surface area contributed by atoms with Crippen molar-refractivity contribution in [1.82, 2.24) is 5.32 Å². The molecule has 0 saturated heterocycles. The average molecular weight is 474 g/mol. The highest BCUT2D eigenvalue weighted by Crippen LogP contribution is 2.48. The maximum Gasteiger partial charge on any atom is 0.319 e. The number of benzene rings is 3. The van der Waals surface area contributed by atoms with E-state index in [-0.39, 0.29) is 11.4 Å². The first-order valence-electron chi connectivity index (χ1n) is 11.8. The first-order chi connectivity index (χ1) is 16.6. The Hall–Kier alpha value is -3.31. The summed E-state index contributed by atoms with van der Waals surface area (Å²) in [5, 5.41) is 6.39. The molecule has 3 aromatic rings. The molecule has 0 atom stereocenters. The summed E-state index contributed by atoms with van der Waals surface area (Å²) in [5.41, 5.74) is 5.68. The Balaban J connectivity index is 1.25. The molecule has 1 heterocycles. The molecule has 0 bridgehead atoms. The van der Waals surface area contributed by atoms with Crippen molar-refractivity contribution in [2.75, 3.05) is 25.0 Å². The number of carbonyl (C=O) groups is 1. The molecule has 0 aromatic heterocycles. The molecule has 1 aliphatic carbocycles. The molecule has 1 aliphatic heterocycles. The van der Waals surface area contributed by atoms with Crippen molar-refractivity contribution in [3.8, 4) is 5.75 Å². The standard InChI is InChI=1S/C28H28ClN3O2/c29-22-10-8-21(9-11-22)28(14-4-15-28)26-25-19-24(12-7-20(25)13-16-30-26)34-18-17-31-27(33)32-23-5-2-1-3-6-23/h1-3,5-12,19H,4,13-18H2,(H2,31,32,33). The second-order valence-corrected chi connectivity index (χ2v) is 9.27. The van der Waals surface area contributed by atoms with Gasteiger partial charge in [0.25, 0.3) is 0 Å². The van der Waals surface area contributed by atoms with E-state index in [4.69, 9.17) is 21.3 Å². The number of aliphatic imine (C=N–C) groups is 1. The molecule has 5 rings (SSSR count).